The molecule has 2 nitrogen and oxygen atoms in total. The maximum absolute atomic E-state index is 5.99. The van der Waals surface area contributed by atoms with Crippen LogP contribution in [0.3, 0.4) is 0 Å². The lowest BCUT2D eigenvalue weighted by Crippen LogP contribution is -2.30. The molecule has 1 unspecified atom stereocenters. The van der Waals surface area contributed by atoms with Gasteiger partial charge in [-0.05, 0) is 56.5 Å². The van der Waals surface area contributed by atoms with Gasteiger partial charge < -0.3 is 5.73 Å². The fraction of sp³-hybridized carbons (Fsp3) is 0.538. The van der Waals surface area contributed by atoms with E-state index in [0.717, 1.165) is 23.2 Å². The van der Waals surface area contributed by atoms with Crippen molar-refractivity contribution < 1.29 is 0 Å². The highest BCUT2D eigenvalue weighted by Crippen LogP contribution is 2.35. The van der Waals surface area contributed by atoms with Crippen LogP contribution in [0.2, 0.25) is 5.02 Å². The Balaban J connectivity index is 2.01. The maximum Gasteiger partial charge on any atom is 0.0429 e. The molecule has 0 heterocycles. The molecule has 2 rings (SSSR count). The van der Waals surface area contributed by atoms with Crippen LogP contribution in [0.25, 0.3) is 0 Å². The maximum atomic E-state index is 5.99. The Morgan fingerprint density at radius 2 is 2.12 bits per heavy atom. The number of halogens is 1. The summed E-state index contributed by atoms with van der Waals surface area (Å²) in [6.45, 7) is 3.22. The van der Waals surface area contributed by atoms with Crippen LogP contribution in [0.5, 0.6) is 0 Å². The third-order valence-electron chi connectivity index (χ3n) is 3.41. The molecule has 0 amide bonds. The lowest BCUT2D eigenvalue weighted by Gasteiger charge is -2.24. The third-order valence-corrected chi connectivity index (χ3v) is 3.63. The highest BCUT2D eigenvalue weighted by Gasteiger charge is 2.30. The van der Waals surface area contributed by atoms with E-state index < -0.39 is 0 Å². The normalized spacial score (nSPS) is 17.8. The highest BCUT2D eigenvalue weighted by molar-refractivity contribution is 6.30. The number of anilines is 1. The van der Waals surface area contributed by atoms with E-state index in [-0.39, 0.29) is 0 Å². The van der Waals surface area contributed by atoms with Crippen molar-refractivity contribution >= 4 is 17.3 Å². The number of rotatable bonds is 4. The van der Waals surface area contributed by atoms with Crippen molar-refractivity contribution in [3.05, 3.63) is 28.8 Å². The summed E-state index contributed by atoms with van der Waals surface area (Å²) in [5, 5.41) is 0.725. The van der Waals surface area contributed by atoms with Crippen LogP contribution < -0.4 is 5.73 Å². The van der Waals surface area contributed by atoms with Crippen molar-refractivity contribution in [1.29, 1.82) is 0 Å². The second kappa shape index (κ2) is 4.64. The van der Waals surface area contributed by atoms with Gasteiger partial charge in [-0.1, -0.05) is 11.6 Å². The van der Waals surface area contributed by atoms with Crippen molar-refractivity contribution in [3.63, 3.8) is 0 Å². The van der Waals surface area contributed by atoms with Crippen molar-refractivity contribution in [2.45, 2.75) is 32.4 Å². The molecule has 0 saturated heterocycles. The zero-order chi connectivity index (χ0) is 11.7. The molecular formula is C13H19ClN2. The van der Waals surface area contributed by atoms with Gasteiger partial charge in [0.05, 0.1) is 0 Å². The zero-order valence-electron chi connectivity index (χ0n) is 9.91. The van der Waals surface area contributed by atoms with E-state index in [4.69, 9.17) is 17.3 Å². The van der Waals surface area contributed by atoms with Crippen LogP contribution >= 0.6 is 11.6 Å². The summed E-state index contributed by atoms with van der Waals surface area (Å²) in [6, 6.07) is 6.44. The van der Waals surface area contributed by atoms with Gasteiger partial charge >= 0.3 is 0 Å². The Bertz CT molecular complexity index is 354. The topological polar surface area (TPSA) is 29.3 Å². The number of hydrogen-bond acceptors (Lipinski definition) is 2. The number of nitrogen functional groups attached to an aromatic ring is 1. The molecule has 1 fully saturated rings. The van der Waals surface area contributed by atoms with Gasteiger partial charge in [-0.25, -0.2) is 0 Å². The van der Waals surface area contributed by atoms with Gasteiger partial charge in [-0.2, -0.15) is 0 Å². The molecule has 16 heavy (non-hydrogen) atoms. The summed E-state index contributed by atoms with van der Waals surface area (Å²) < 4.78 is 0. The van der Waals surface area contributed by atoms with Gasteiger partial charge in [0.2, 0.25) is 0 Å². The van der Waals surface area contributed by atoms with Crippen molar-refractivity contribution in [2.75, 3.05) is 12.8 Å². The monoisotopic (exact) mass is 238 g/mol. The molecule has 1 aromatic rings. The largest absolute Gasteiger partial charge is 0.399 e. The molecule has 0 aromatic heterocycles. The standard InChI is InChI=1S/C13H19ClN2/c1-9(11-3-4-11)16(2)8-10-5-12(14)7-13(15)6-10/h5-7,9,11H,3-4,8,15H2,1-2H3. The predicted molar refractivity (Wildman–Crippen MR) is 69.5 cm³/mol. The van der Waals surface area contributed by atoms with E-state index in [2.05, 4.69) is 18.9 Å². The van der Waals surface area contributed by atoms with Crippen LogP contribution in [0.1, 0.15) is 25.3 Å². The molecule has 1 aromatic carbocycles. The van der Waals surface area contributed by atoms with Crippen LogP contribution in [-0.4, -0.2) is 18.0 Å². The molecule has 88 valence electrons. The second-order valence-corrected chi connectivity index (χ2v) is 5.32. The van der Waals surface area contributed by atoms with Gasteiger partial charge in [-0.3, -0.25) is 4.90 Å². The number of nitrogens with zero attached hydrogens (tertiary/aromatic N) is 1. The molecular weight excluding hydrogens is 220 g/mol. The lowest BCUT2D eigenvalue weighted by molar-refractivity contribution is 0.226. The molecule has 0 radical (unpaired) electrons. The number of benzene rings is 1. The van der Waals surface area contributed by atoms with E-state index in [9.17, 15) is 0 Å². The van der Waals surface area contributed by atoms with E-state index in [1.165, 1.54) is 18.4 Å². The molecule has 1 saturated carbocycles. The van der Waals surface area contributed by atoms with Gasteiger partial charge in [0.15, 0.2) is 0 Å². The smallest absolute Gasteiger partial charge is 0.0429 e. The summed E-state index contributed by atoms with van der Waals surface area (Å²) in [7, 11) is 2.17. The van der Waals surface area contributed by atoms with E-state index >= 15 is 0 Å². The number of hydrogen-bond donors (Lipinski definition) is 1. The van der Waals surface area contributed by atoms with Crippen LogP contribution in [0, 0.1) is 5.92 Å². The highest BCUT2D eigenvalue weighted by atomic mass is 35.5. The van der Waals surface area contributed by atoms with Crippen LogP contribution in [0.4, 0.5) is 5.69 Å². The Kier molecular flexibility index (Phi) is 3.41. The lowest BCUT2D eigenvalue weighted by atomic mass is 10.1. The molecule has 2 N–H and O–H groups in total. The minimum Gasteiger partial charge on any atom is -0.399 e. The molecule has 0 bridgehead atoms. The van der Waals surface area contributed by atoms with E-state index in [0.29, 0.717) is 6.04 Å². The van der Waals surface area contributed by atoms with Crippen molar-refractivity contribution in [1.82, 2.24) is 4.90 Å². The minimum atomic E-state index is 0.653. The Hall–Kier alpha value is -0.730. The summed E-state index contributed by atoms with van der Waals surface area (Å²) in [5.74, 6) is 0.890. The van der Waals surface area contributed by atoms with Crippen LogP contribution in [0.15, 0.2) is 18.2 Å². The first kappa shape index (κ1) is 11.7. The summed E-state index contributed by atoms with van der Waals surface area (Å²) in [4.78, 5) is 2.38. The van der Waals surface area contributed by atoms with E-state index in [1.807, 2.05) is 12.1 Å². The molecule has 1 aliphatic carbocycles. The van der Waals surface area contributed by atoms with Gasteiger partial charge in [-0.15, -0.1) is 0 Å². The van der Waals surface area contributed by atoms with Gasteiger partial charge in [0.25, 0.3) is 0 Å². The minimum absolute atomic E-state index is 0.653. The first-order valence-electron chi connectivity index (χ1n) is 5.81. The molecule has 0 spiro atoms. The SMILES string of the molecule is CC(C1CC1)N(C)Cc1cc(N)cc(Cl)c1. The van der Waals surface area contributed by atoms with Crippen molar-refractivity contribution in [2.24, 2.45) is 5.92 Å². The van der Waals surface area contributed by atoms with Gasteiger partial charge in [0.1, 0.15) is 0 Å². The molecule has 0 aliphatic heterocycles. The fourth-order valence-electron chi connectivity index (χ4n) is 2.14. The average Bonchev–Trinajstić information content (AvgIpc) is 2.97. The first-order chi connectivity index (χ1) is 7.56. The molecule has 1 aliphatic rings. The number of nitrogens with two attached hydrogens (primary N) is 1. The second-order valence-electron chi connectivity index (χ2n) is 4.89. The Morgan fingerprint density at radius 3 is 2.69 bits per heavy atom. The predicted octanol–water partition coefficient (Wildman–Crippen LogP) is 3.15. The Morgan fingerprint density at radius 1 is 1.44 bits per heavy atom. The Labute approximate surface area is 102 Å². The fourth-order valence-corrected chi connectivity index (χ4v) is 2.40. The molecule has 3 heteroatoms. The zero-order valence-corrected chi connectivity index (χ0v) is 10.7. The summed E-state index contributed by atoms with van der Waals surface area (Å²) in [5.41, 5.74) is 7.72. The third kappa shape index (κ3) is 2.89. The first-order valence-corrected chi connectivity index (χ1v) is 6.19. The average molecular weight is 239 g/mol. The summed E-state index contributed by atoms with van der Waals surface area (Å²) in [6.07, 6.45) is 2.76. The molecule has 1 atom stereocenters. The summed E-state index contributed by atoms with van der Waals surface area (Å²) >= 11 is 5.99. The van der Waals surface area contributed by atoms with E-state index in [1.54, 1.807) is 6.07 Å². The van der Waals surface area contributed by atoms with Crippen molar-refractivity contribution in [3.8, 4) is 0 Å². The van der Waals surface area contributed by atoms with Crippen LogP contribution in [-0.2, 0) is 6.54 Å². The quantitative estimate of drug-likeness (QED) is 0.817. The van der Waals surface area contributed by atoms with Gasteiger partial charge in [0, 0.05) is 23.3 Å².